The molecule has 1 amide bonds. The number of carbonyl (C=O) groups excluding carboxylic acids is 1. The molecule has 1 spiro atoms. The van der Waals surface area contributed by atoms with E-state index in [1.165, 1.54) is 5.56 Å². The van der Waals surface area contributed by atoms with E-state index < -0.39 is 0 Å². The van der Waals surface area contributed by atoms with Crippen molar-refractivity contribution in [3.8, 4) is 0 Å². The summed E-state index contributed by atoms with van der Waals surface area (Å²) in [5, 5.41) is 4.27. The van der Waals surface area contributed by atoms with Gasteiger partial charge in [-0.1, -0.05) is 0 Å². The summed E-state index contributed by atoms with van der Waals surface area (Å²) in [4.78, 5) is 14.6. The fraction of sp³-hybridized carbons (Fsp3) is 0.556. The van der Waals surface area contributed by atoms with Crippen molar-refractivity contribution >= 4 is 5.91 Å². The molecule has 1 unspecified atom stereocenters. The smallest absolute Gasteiger partial charge is 0.270 e. The van der Waals surface area contributed by atoms with Crippen LogP contribution in [-0.2, 0) is 18.8 Å². The topological polar surface area (TPSA) is 52.3 Å². The number of likely N-dealkylation sites (tertiary alicyclic amines) is 1. The number of rotatable bonds is 2. The van der Waals surface area contributed by atoms with Gasteiger partial charge in [0.25, 0.3) is 5.91 Å². The Morgan fingerprint density at radius 3 is 2.75 bits per heavy atom. The quantitative estimate of drug-likeness (QED) is 0.846. The summed E-state index contributed by atoms with van der Waals surface area (Å²) >= 11 is 0. The Balaban J connectivity index is 1.39. The normalized spacial score (nSPS) is 23.1. The first-order valence-electron chi connectivity index (χ1n) is 8.59. The molecule has 4 rings (SSSR count). The number of ether oxygens (including phenoxy) is 1. The predicted molar refractivity (Wildman–Crippen MR) is 89.8 cm³/mol. The Hall–Kier alpha value is -2.08. The van der Waals surface area contributed by atoms with Gasteiger partial charge in [-0.05, 0) is 37.0 Å². The van der Waals surface area contributed by atoms with E-state index in [1.54, 1.807) is 0 Å². The zero-order chi connectivity index (χ0) is 16.7. The molecule has 128 valence electrons. The summed E-state index contributed by atoms with van der Waals surface area (Å²) < 4.78 is 9.95. The van der Waals surface area contributed by atoms with Crippen LogP contribution in [0.15, 0.2) is 30.7 Å². The first-order chi connectivity index (χ1) is 11.6. The van der Waals surface area contributed by atoms with Crippen LogP contribution >= 0.6 is 0 Å². The van der Waals surface area contributed by atoms with Gasteiger partial charge >= 0.3 is 0 Å². The highest BCUT2D eigenvalue weighted by Crippen LogP contribution is 2.42. The molecule has 0 aromatic carbocycles. The van der Waals surface area contributed by atoms with Crippen LogP contribution in [0.5, 0.6) is 0 Å². The second-order valence-corrected chi connectivity index (χ2v) is 7.14. The first-order valence-corrected chi connectivity index (χ1v) is 8.59. The Kier molecular flexibility index (Phi) is 3.72. The molecular formula is C18H24N4O2. The fourth-order valence-corrected chi connectivity index (χ4v) is 4.02. The van der Waals surface area contributed by atoms with E-state index in [-0.39, 0.29) is 11.5 Å². The minimum Gasteiger partial charge on any atom is -0.374 e. The second-order valence-electron chi connectivity index (χ2n) is 7.14. The van der Waals surface area contributed by atoms with Gasteiger partial charge in [0.2, 0.25) is 0 Å². The predicted octanol–water partition coefficient (Wildman–Crippen LogP) is 1.94. The minimum absolute atomic E-state index is 0.0640. The lowest BCUT2D eigenvalue weighted by Crippen LogP contribution is -2.46. The first kappa shape index (κ1) is 15.4. The molecule has 2 aliphatic heterocycles. The van der Waals surface area contributed by atoms with Crippen molar-refractivity contribution in [3.05, 3.63) is 42.0 Å². The van der Waals surface area contributed by atoms with Crippen LogP contribution in [0.25, 0.3) is 0 Å². The zero-order valence-corrected chi connectivity index (χ0v) is 14.3. The van der Waals surface area contributed by atoms with Crippen LogP contribution in [0.1, 0.15) is 41.2 Å². The molecule has 2 saturated heterocycles. The molecule has 1 atom stereocenters. The maximum absolute atomic E-state index is 12.6. The monoisotopic (exact) mass is 328 g/mol. The van der Waals surface area contributed by atoms with E-state index in [0.717, 1.165) is 44.7 Å². The Morgan fingerprint density at radius 2 is 2.12 bits per heavy atom. The van der Waals surface area contributed by atoms with Crippen LogP contribution in [0.4, 0.5) is 0 Å². The summed E-state index contributed by atoms with van der Waals surface area (Å²) in [7, 11) is 3.86. The van der Waals surface area contributed by atoms with Crippen molar-refractivity contribution < 1.29 is 9.53 Å². The van der Waals surface area contributed by atoms with Crippen LogP contribution in [-0.4, -0.2) is 50.5 Å². The SMILES string of the molecule is Cn1cc(C2COC3(CCN(C(=O)c4cccn4C)CC3)C2)cn1. The fourth-order valence-electron chi connectivity index (χ4n) is 4.02. The Morgan fingerprint density at radius 1 is 1.33 bits per heavy atom. The molecule has 0 radical (unpaired) electrons. The maximum atomic E-state index is 12.6. The zero-order valence-electron chi connectivity index (χ0n) is 14.3. The van der Waals surface area contributed by atoms with Gasteiger partial charge in [-0.3, -0.25) is 9.48 Å². The largest absolute Gasteiger partial charge is 0.374 e. The lowest BCUT2D eigenvalue weighted by molar-refractivity contribution is -0.0390. The van der Waals surface area contributed by atoms with Crippen LogP contribution in [0, 0.1) is 0 Å². The minimum atomic E-state index is -0.0640. The van der Waals surface area contributed by atoms with Crippen molar-refractivity contribution in [1.82, 2.24) is 19.2 Å². The summed E-state index contributed by atoms with van der Waals surface area (Å²) in [5.41, 5.74) is 1.95. The van der Waals surface area contributed by atoms with E-state index in [4.69, 9.17) is 4.74 Å². The average Bonchev–Trinajstić information content (AvgIpc) is 3.28. The summed E-state index contributed by atoms with van der Waals surface area (Å²) in [6.07, 6.45) is 8.81. The van der Waals surface area contributed by atoms with Gasteiger partial charge in [0, 0.05) is 45.5 Å². The van der Waals surface area contributed by atoms with E-state index in [2.05, 4.69) is 11.3 Å². The number of aromatic nitrogens is 3. The molecule has 2 aromatic rings. The third kappa shape index (κ3) is 2.65. The van der Waals surface area contributed by atoms with E-state index >= 15 is 0 Å². The Bertz CT molecular complexity index is 740. The van der Waals surface area contributed by atoms with E-state index in [1.807, 2.05) is 52.8 Å². The van der Waals surface area contributed by atoms with Gasteiger partial charge in [0.05, 0.1) is 18.4 Å². The number of piperidine rings is 1. The molecule has 24 heavy (non-hydrogen) atoms. The molecule has 2 aliphatic rings. The van der Waals surface area contributed by atoms with Gasteiger partial charge < -0.3 is 14.2 Å². The molecule has 0 N–H and O–H groups in total. The van der Waals surface area contributed by atoms with Crippen molar-refractivity contribution in [2.24, 2.45) is 14.1 Å². The van der Waals surface area contributed by atoms with Crippen molar-refractivity contribution in [3.63, 3.8) is 0 Å². The van der Waals surface area contributed by atoms with Crippen LogP contribution in [0.3, 0.4) is 0 Å². The van der Waals surface area contributed by atoms with Gasteiger partial charge in [-0.2, -0.15) is 5.10 Å². The Labute approximate surface area is 142 Å². The molecule has 2 fully saturated rings. The molecule has 0 bridgehead atoms. The molecule has 0 aliphatic carbocycles. The highest BCUT2D eigenvalue weighted by Gasteiger charge is 2.44. The highest BCUT2D eigenvalue weighted by atomic mass is 16.5. The van der Waals surface area contributed by atoms with Gasteiger partial charge in [-0.15, -0.1) is 0 Å². The summed E-state index contributed by atoms with van der Waals surface area (Å²) in [6, 6.07) is 3.80. The molecular weight excluding hydrogens is 304 g/mol. The maximum Gasteiger partial charge on any atom is 0.270 e. The third-order valence-electron chi connectivity index (χ3n) is 5.53. The number of amides is 1. The number of nitrogens with zero attached hydrogens (tertiary/aromatic N) is 4. The summed E-state index contributed by atoms with van der Waals surface area (Å²) in [5.74, 6) is 0.549. The van der Waals surface area contributed by atoms with Crippen molar-refractivity contribution in [1.29, 1.82) is 0 Å². The number of carbonyl (C=O) groups is 1. The number of aryl methyl sites for hydroxylation is 2. The lowest BCUT2D eigenvalue weighted by atomic mass is 9.84. The average molecular weight is 328 g/mol. The molecule has 2 aromatic heterocycles. The lowest BCUT2D eigenvalue weighted by Gasteiger charge is -2.38. The van der Waals surface area contributed by atoms with E-state index in [0.29, 0.717) is 5.92 Å². The van der Waals surface area contributed by atoms with Crippen LogP contribution in [0.2, 0.25) is 0 Å². The van der Waals surface area contributed by atoms with Crippen LogP contribution < -0.4 is 0 Å². The van der Waals surface area contributed by atoms with E-state index in [9.17, 15) is 4.79 Å². The molecule has 6 nitrogen and oxygen atoms in total. The van der Waals surface area contributed by atoms with Crippen molar-refractivity contribution in [2.45, 2.75) is 30.8 Å². The third-order valence-corrected chi connectivity index (χ3v) is 5.53. The standard InChI is InChI=1S/C18H24N4O2/c1-20-7-3-4-16(20)17(23)22-8-5-18(6-9-22)10-14(13-24-18)15-11-19-21(2)12-15/h3-4,7,11-12,14H,5-6,8-10,13H2,1-2H3. The van der Waals surface area contributed by atoms with Crippen molar-refractivity contribution in [2.75, 3.05) is 19.7 Å². The molecule has 6 heteroatoms. The highest BCUT2D eigenvalue weighted by molar-refractivity contribution is 5.92. The van der Waals surface area contributed by atoms with Gasteiger partial charge in [-0.25, -0.2) is 0 Å². The number of hydrogen-bond donors (Lipinski definition) is 0. The second kappa shape index (κ2) is 5.77. The molecule has 0 saturated carbocycles. The van der Waals surface area contributed by atoms with Gasteiger partial charge in [0.15, 0.2) is 0 Å². The number of hydrogen-bond acceptors (Lipinski definition) is 3. The summed E-state index contributed by atoms with van der Waals surface area (Å²) in [6.45, 7) is 2.30. The molecule has 4 heterocycles. The van der Waals surface area contributed by atoms with Gasteiger partial charge in [0.1, 0.15) is 5.69 Å².